The van der Waals surface area contributed by atoms with Crippen LogP contribution in [0.15, 0.2) is 215 Å². The van der Waals surface area contributed by atoms with E-state index in [4.69, 9.17) is 8.83 Å². The van der Waals surface area contributed by atoms with E-state index in [1.807, 2.05) is 12.1 Å². The highest BCUT2D eigenvalue weighted by molar-refractivity contribution is 6.27. The van der Waals surface area contributed by atoms with Crippen molar-refractivity contribution in [1.29, 1.82) is 0 Å². The third-order valence-corrected chi connectivity index (χ3v) is 12.6. The number of para-hydroxylation sites is 4. The number of fused-ring (bicyclic) bond motifs is 10. The molecule has 0 N–H and O–H groups in total. The first-order valence-corrected chi connectivity index (χ1v) is 20.6. The van der Waals surface area contributed by atoms with Crippen molar-refractivity contribution in [2.24, 2.45) is 0 Å². The molecule has 11 aromatic carbocycles. The van der Waals surface area contributed by atoms with Gasteiger partial charge in [-0.2, -0.15) is 0 Å². The molecule has 0 radical (unpaired) electrons. The van der Waals surface area contributed by atoms with Gasteiger partial charge in [0.15, 0.2) is 0 Å². The molecule has 0 bridgehead atoms. The van der Waals surface area contributed by atoms with Gasteiger partial charge in [0.05, 0.1) is 0 Å². The third-order valence-electron chi connectivity index (χ3n) is 12.6. The van der Waals surface area contributed by atoms with Gasteiger partial charge < -0.3 is 8.83 Å². The summed E-state index contributed by atoms with van der Waals surface area (Å²) in [4.78, 5) is 0. The standard InChI is InChI=1S/C58H34O2/c1-3-13-37-31-39(25-23-35(37)11-1)41-27-29-45-51(33-41)55(49-19-9-17-47-43-15-5-7-21-53(43)59-57(47)49)46-30-28-42(40-26-24-36-12-2-4-14-38(36)32-40)34-52(46)56(45)50-20-10-18-48-44-16-6-8-22-54(44)60-58(48)50/h1-34H. The Bertz CT molecular complexity index is 3640. The summed E-state index contributed by atoms with van der Waals surface area (Å²) >= 11 is 0. The van der Waals surface area contributed by atoms with Crippen molar-refractivity contribution in [2.75, 3.05) is 0 Å². The van der Waals surface area contributed by atoms with E-state index in [9.17, 15) is 0 Å². The molecule has 0 fully saturated rings. The molecule has 0 amide bonds. The SMILES string of the molecule is c1ccc2cc(-c3ccc4c(-c5cccc6c5oc5ccccc56)c5cc(-c6ccc7ccccc7c6)ccc5c(-c5cccc6c5oc5ccccc56)c4c3)ccc2c1. The van der Waals surface area contributed by atoms with Crippen molar-refractivity contribution in [3.63, 3.8) is 0 Å². The summed E-state index contributed by atoms with van der Waals surface area (Å²) < 4.78 is 13.6. The molecule has 0 unspecified atom stereocenters. The Morgan fingerprint density at radius 2 is 0.617 bits per heavy atom. The molecular weight excluding hydrogens is 729 g/mol. The first-order chi connectivity index (χ1) is 29.7. The molecule has 0 atom stereocenters. The van der Waals surface area contributed by atoms with Crippen molar-refractivity contribution in [3.8, 4) is 44.5 Å². The highest BCUT2D eigenvalue weighted by Gasteiger charge is 2.24. The summed E-state index contributed by atoms with van der Waals surface area (Å²) in [7, 11) is 0. The maximum atomic E-state index is 6.82. The molecule has 60 heavy (non-hydrogen) atoms. The minimum atomic E-state index is 0.886. The topological polar surface area (TPSA) is 26.3 Å². The monoisotopic (exact) mass is 762 g/mol. The molecule has 13 aromatic rings. The van der Waals surface area contributed by atoms with E-state index in [1.165, 1.54) is 32.7 Å². The van der Waals surface area contributed by atoms with Crippen LogP contribution in [0.3, 0.4) is 0 Å². The summed E-state index contributed by atoms with van der Waals surface area (Å²) in [5.41, 5.74) is 12.7. The van der Waals surface area contributed by atoms with Gasteiger partial charge in [0, 0.05) is 43.8 Å². The van der Waals surface area contributed by atoms with Gasteiger partial charge in [0.2, 0.25) is 0 Å². The van der Waals surface area contributed by atoms with E-state index in [0.717, 1.165) is 98.8 Å². The van der Waals surface area contributed by atoms with E-state index in [1.54, 1.807) is 0 Å². The fourth-order valence-corrected chi connectivity index (χ4v) is 9.79. The lowest BCUT2D eigenvalue weighted by molar-refractivity contribution is 0.669. The van der Waals surface area contributed by atoms with Crippen LogP contribution in [0, 0.1) is 0 Å². The molecule has 278 valence electrons. The Morgan fingerprint density at radius 1 is 0.233 bits per heavy atom. The molecule has 2 heterocycles. The zero-order valence-electron chi connectivity index (χ0n) is 32.4. The molecule has 2 nitrogen and oxygen atoms in total. The van der Waals surface area contributed by atoms with E-state index in [2.05, 4.69) is 194 Å². The molecule has 13 rings (SSSR count). The Labute approximate surface area is 345 Å². The highest BCUT2D eigenvalue weighted by atomic mass is 16.3. The van der Waals surface area contributed by atoms with Gasteiger partial charge in [-0.3, -0.25) is 0 Å². The summed E-state index contributed by atoms with van der Waals surface area (Å²) in [5.74, 6) is 0. The second-order valence-electron chi connectivity index (χ2n) is 16.0. The highest BCUT2D eigenvalue weighted by Crippen LogP contribution is 2.50. The first-order valence-electron chi connectivity index (χ1n) is 20.6. The second-order valence-corrected chi connectivity index (χ2v) is 16.0. The number of benzene rings is 11. The fraction of sp³-hybridized carbons (Fsp3) is 0. The molecule has 2 aromatic heterocycles. The summed E-state index contributed by atoms with van der Waals surface area (Å²) in [5, 5.41) is 14.0. The van der Waals surface area contributed by atoms with Crippen LogP contribution in [0.2, 0.25) is 0 Å². The zero-order valence-corrected chi connectivity index (χ0v) is 32.4. The average Bonchev–Trinajstić information content (AvgIpc) is 3.89. The largest absolute Gasteiger partial charge is 0.455 e. The van der Waals surface area contributed by atoms with Crippen molar-refractivity contribution in [2.45, 2.75) is 0 Å². The lowest BCUT2D eigenvalue weighted by Gasteiger charge is -2.20. The van der Waals surface area contributed by atoms with Crippen molar-refractivity contribution in [3.05, 3.63) is 206 Å². The normalized spacial score (nSPS) is 12.0. The molecular formula is C58H34O2. The minimum Gasteiger partial charge on any atom is -0.455 e. The Morgan fingerprint density at radius 3 is 1.10 bits per heavy atom. The number of hydrogen-bond acceptors (Lipinski definition) is 2. The Hall–Kier alpha value is -7.94. The quantitative estimate of drug-likeness (QED) is 0.167. The summed E-state index contributed by atoms with van der Waals surface area (Å²) in [6.07, 6.45) is 0. The number of furan rings is 2. The van der Waals surface area contributed by atoms with E-state index < -0.39 is 0 Å². The first kappa shape index (κ1) is 33.1. The molecule has 0 spiro atoms. The van der Waals surface area contributed by atoms with Crippen LogP contribution in [0.25, 0.3) is 131 Å². The van der Waals surface area contributed by atoms with E-state index >= 15 is 0 Å². The van der Waals surface area contributed by atoms with Gasteiger partial charge in [-0.1, -0.05) is 170 Å². The predicted molar refractivity (Wildman–Crippen MR) is 253 cm³/mol. The smallest absolute Gasteiger partial charge is 0.143 e. The fourth-order valence-electron chi connectivity index (χ4n) is 9.79. The lowest BCUT2D eigenvalue weighted by Crippen LogP contribution is -1.93. The molecule has 0 saturated carbocycles. The molecule has 0 aliphatic rings. The molecule has 2 heteroatoms. The van der Waals surface area contributed by atoms with Crippen LogP contribution in [0.5, 0.6) is 0 Å². The van der Waals surface area contributed by atoms with Crippen LogP contribution in [-0.2, 0) is 0 Å². The van der Waals surface area contributed by atoms with Gasteiger partial charge in [0.25, 0.3) is 0 Å². The van der Waals surface area contributed by atoms with Crippen LogP contribution in [-0.4, -0.2) is 0 Å². The molecule has 0 aliphatic heterocycles. The number of hydrogen-bond donors (Lipinski definition) is 0. The van der Waals surface area contributed by atoms with Crippen molar-refractivity contribution < 1.29 is 8.83 Å². The van der Waals surface area contributed by atoms with Gasteiger partial charge >= 0.3 is 0 Å². The third kappa shape index (κ3) is 4.95. The molecule has 0 saturated heterocycles. The van der Waals surface area contributed by atoms with E-state index in [-0.39, 0.29) is 0 Å². The Balaban J connectivity index is 1.19. The maximum Gasteiger partial charge on any atom is 0.143 e. The average molecular weight is 763 g/mol. The van der Waals surface area contributed by atoms with Crippen LogP contribution in [0.1, 0.15) is 0 Å². The van der Waals surface area contributed by atoms with E-state index in [0.29, 0.717) is 0 Å². The lowest BCUT2D eigenvalue weighted by atomic mass is 9.83. The van der Waals surface area contributed by atoms with Crippen molar-refractivity contribution >= 4 is 87.0 Å². The summed E-state index contributed by atoms with van der Waals surface area (Å²) in [6.45, 7) is 0. The maximum absolute atomic E-state index is 6.82. The second kappa shape index (κ2) is 12.8. The van der Waals surface area contributed by atoms with Crippen molar-refractivity contribution in [1.82, 2.24) is 0 Å². The predicted octanol–water partition coefficient (Wildman–Crippen LogP) is 16.8. The van der Waals surface area contributed by atoms with Crippen LogP contribution >= 0.6 is 0 Å². The minimum absolute atomic E-state index is 0.886. The van der Waals surface area contributed by atoms with Gasteiger partial charge in [-0.25, -0.2) is 0 Å². The van der Waals surface area contributed by atoms with Crippen LogP contribution in [0.4, 0.5) is 0 Å². The summed E-state index contributed by atoms with van der Waals surface area (Å²) in [6, 6.07) is 74.7. The van der Waals surface area contributed by atoms with Gasteiger partial charge in [-0.15, -0.1) is 0 Å². The van der Waals surface area contributed by atoms with Gasteiger partial charge in [0.1, 0.15) is 22.3 Å². The van der Waals surface area contributed by atoms with Crippen LogP contribution < -0.4 is 0 Å². The zero-order chi connectivity index (χ0) is 39.3. The number of rotatable bonds is 4. The molecule has 0 aliphatic carbocycles. The Kier molecular flexibility index (Phi) is 7.05. The van der Waals surface area contributed by atoms with Gasteiger partial charge in [-0.05, 0) is 102 Å².